The lowest BCUT2D eigenvalue weighted by Crippen LogP contribution is -2.40. The lowest BCUT2D eigenvalue weighted by Gasteiger charge is -2.27. The molecule has 8 nitrogen and oxygen atoms in total. The van der Waals surface area contributed by atoms with Gasteiger partial charge in [0.05, 0.1) is 26.4 Å². The van der Waals surface area contributed by atoms with Crippen LogP contribution in [-0.4, -0.2) is 69.7 Å². The minimum absolute atomic E-state index is 0. The van der Waals surface area contributed by atoms with Crippen molar-refractivity contribution in [2.45, 2.75) is 10.9 Å². The van der Waals surface area contributed by atoms with E-state index in [9.17, 15) is 13.2 Å². The SMILES string of the molecule is COc1ccc(NC(=O)C2CSCN2)cc1S(=O)(=O)N1CCOCC1.Cl. The van der Waals surface area contributed by atoms with E-state index in [1.807, 2.05) is 0 Å². The zero-order valence-corrected chi connectivity index (χ0v) is 16.7. The van der Waals surface area contributed by atoms with E-state index in [0.29, 0.717) is 37.7 Å². The second kappa shape index (κ2) is 9.25. The Morgan fingerprint density at radius 2 is 2.12 bits per heavy atom. The highest BCUT2D eigenvalue weighted by Crippen LogP contribution is 2.30. The number of thioether (sulfide) groups is 1. The molecule has 0 saturated carbocycles. The molecule has 2 aliphatic heterocycles. The normalized spacial score (nSPS) is 21.0. The van der Waals surface area contributed by atoms with Crippen LogP contribution in [-0.2, 0) is 19.6 Å². The predicted octanol–water partition coefficient (Wildman–Crippen LogP) is 0.739. The molecule has 2 aliphatic rings. The fourth-order valence-electron chi connectivity index (χ4n) is 2.68. The van der Waals surface area contributed by atoms with Gasteiger partial charge in [0.15, 0.2) is 0 Å². The molecule has 2 fully saturated rings. The molecule has 2 N–H and O–H groups in total. The van der Waals surface area contributed by atoms with Crippen LogP contribution in [0.25, 0.3) is 0 Å². The molecule has 26 heavy (non-hydrogen) atoms. The molecule has 1 amide bonds. The molecule has 1 atom stereocenters. The van der Waals surface area contributed by atoms with Gasteiger partial charge in [0, 0.05) is 30.4 Å². The average molecular weight is 424 g/mol. The summed E-state index contributed by atoms with van der Waals surface area (Å²) in [5.74, 6) is 1.50. The summed E-state index contributed by atoms with van der Waals surface area (Å²) in [5.41, 5.74) is 0.427. The summed E-state index contributed by atoms with van der Waals surface area (Å²) in [7, 11) is -2.30. The molecule has 0 radical (unpaired) electrons. The lowest BCUT2D eigenvalue weighted by atomic mass is 10.2. The minimum Gasteiger partial charge on any atom is -0.495 e. The second-order valence-electron chi connectivity index (χ2n) is 5.64. The van der Waals surface area contributed by atoms with Crippen LogP contribution in [0.4, 0.5) is 5.69 Å². The summed E-state index contributed by atoms with van der Waals surface area (Å²) in [6.07, 6.45) is 0. The van der Waals surface area contributed by atoms with E-state index in [0.717, 1.165) is 5.88 Å². The predicted molar refractivity (Wildman–Crippen MR) is 103 cm³/mol. The van der Waals surface area contributed by atoms with Crippen LogP contribution in [0.3, 0.4) is 0 Å². The summed E-state index contributed by atoms with van der Waals surface area (Å²) in [6.45, 7) is 1.32. The summed E-state index contributed by atoms with van der Waals surface area (Å²) < 4.78 is 37.7. The monoisotopic (exact) mass is 423 g/mol. The molecular weight excluding hydrogens is 402 g/mol. The number of hydrogen-bond donors (Lipinski definition) is 2. The second-order valence-corrected chi connectivity index (χ2v) is 8.58. The zero-order chi connectivity index (χ0) is 17.9. The lowest BCUT2D eigenvalue weighted by molar-refractivity contribution is -0.117. The van der Waals surface area contributed by atoms with Crippen molar-refractivity contribution >= 4 is 45.8 Å². The molecule has 1 unspecified atom stereocenters. The van der Waals surface area contributed by atoms with Crippen LogP contribution < -0.4 is 15.4 Å². The number of carbonyl (C=O) groups is 1. The number of morpholine rings is 1. The molecule has 0 spiro atoms. The zero-order valence-electron chi connectivity index (χ0n) is 14.3. The van der Waals surface area contributed by atoms with Gasteiger partial charge in [-0.15, -0.1) is 24.2 Å². The molecule has 146 valence electrons. The molecule has 3 rings (SSSR count). The number of rotatable bonds is 5. The van der Waals surface area contributed by atoms with Crippen molar-refractivity contribution in [1.82, 2.24) is 9.62 Å². The van der Waals surface area contributed by atoms with Crippen molar-refractivity contribution in [3.8, 4) is 5.75 Å². The number of amides is 1. The Hall–Kier alpha value is -1.04. The third-order valence-electron chi connectivity index (χ3n) is 4.05. The van der Waals surface area contributed by atoms with Crippen LogP contribution in [0.15, 0.2) is 23.1 Å². The number of ether oxygens (including phenoxy) is 2. The van der Waals surface area contributed by atoms with E-state index >= 15 is 0 Å². The third kappa shape index (κ3) is 4.62. The van der Waals surface area contributed by atoms with Gasteiger partial charge in [-0.2, -0.15) is 4.31 Å². The molecule has 1 aromatic rings. The Labute approximate surface area is 163 Å². The fourth-order valence-corrected chi connectivity index (χ4v) is 5.21. The molecule has 0 aliphatic carbocycles. The van der Waals surface area contributed by atoms with Crippen LogP contribution in [0.5, 0.6) is 5.75 Å². The Morgan fingerprint density at radius 3 is 2.73 bits per heavy atom. The van der Waals surface area contributed by atoms with Crippen molar-refractivity contribution in [2.75, 3.05) is 50.4 Å². The third-order valence-corrected chi connectivity index (χ3v) is 6.91. The van der Waals surface area contributed by atoms with E-state index in [-0.39, 0.29) is 35.0 Å². The Morgan fingerprint density at radius 1 is 1.38 bits per heavy atom. The van der Waals surface area contributed by atoms with Crippen LogP contribution in [0, 0.1) is 0 Å². The van der Waals surface area contributed by atoms with E-state index in [1.54, 1.807) is 23.9 Å². The van der Waals surface area contributed by atoms with Gasteiger partial charge < -0.3 is 14.8 Å². The van der Waals surface area contributed by atoms with Gasteiger partial charge in [0.25, 0.3) is 0 Å². The van der Waals surface area contributed by atoms with Crippen LogP contribution in [0.2, 0.25) is 0 Å². The summed E-state index contributed by atoms with van der Waals surface area (Å²) >= 11 is 1.65. The van der Waals surface area contributed by atoms with Gasteiger partial charge in [0.1, 0.15) is 10.6 Å². The summed E-state index contributed by atoms with van der Waals surface area (Å²) in [6, 6.07) is 4.37. The Bertz CT molecular complexity index is 735. The first-order valence-corrected chi connectivity index (χ1v) is 10.5. The van der Waals surface area contributed by atoms with Gasteiger partial charge in [-0.3, -0.25) is 10.1 Å². The van der Waals surface area contributed by atoms with Crippen molar-refractivity contribution < 1.29 is 22.7 Å². The smallest absolute Gasteiger partial charge is 0.246 e. The highest BCUT2D eigenvalue weighted by atomic mass is 35.5. The largest absolute Gasteiger partial charge is 0.495 e. The standard InChI is InChI=1S/C15H21N3O5S2.ClH/c1-22-13-3-2-11(17-15(19)12-9-24-10-16-12)8-14(13)25(20,21)18-4-6-23-7-5-18;/h2-3,8,12,16H,4-7,9-10H2,1H3,(H,17,19);1H. The van der Waals surface area contributed by atoms with Crippen molar-refractivity contribution in [2.24, 2.45) is 0 Å². The summed E-state index contributed by atoms with van der Waals surface area (Å²) in [5, 5.41) is 5.85. The van der Waals surface area contributed by atoms with E-state index in [1.165, 1.54) is 17.5 Å². The number of benzene rings is 1. The molecule has 0 aromatic heterocycles. The van der Waals surface area contributed by atoms with Gasteiger partial charge in [-0.05, 0) is 18.2 Å². The maximum atomic E-state index is 12.9. The van der Waals surface area contributed by atoms with Gasteiger partial charge in [-0.1, -0.05) is 0 Å². The number of anilines is 1. The average Bonchev–Trinajstić information content (AvgIpc) is 3.17. The molecule has 0 bridgehead atoms. The first-order chi connectivity index (χ1) is 12.0. The summed E-state index contributed by atoms with van der Waals surface area (Å²) in [4.78, 5) is 12.3. The van der Waals surface area contributed by atoms with E-state index in [4.69, 9.17) is 9.47 Å². The highest BCUT2D eigenvalue weighted by molar-refractivity contribution is 7.99. The fraction of sp³-hybridized carbons (Fsp3) is 0.533. The first-order valence-electron chi connectivity index (χ1n) is 7.90. The first kappa shape index (κ1) is 21.3. The molecule has 1 aromatic carbocycles. The van der Waals surface area contributed by atoms with Gasteiger partial charge >= 0.3 is 0 Å². The van der Waals surface area contributed by atoms with Gasteiger partial charge in [0.2, 0.25) is 15.9 Å². The molecule has 2 heterocycles. The topological polar surface area (TPSA) is 97.0 Å². The number of methoxy groups -OCH3 is 1. The molecule has 11 heteroatoms. The van der Waals surface area contributed by atoms with Gasteiger partial charge in [-0.25, -0.2) is 8.42 Å². The van der Waals surface area contributed by atoms with Crippen LogP contribution in [0.1, 0.15) is 0 Å². The number of carbonyl (C=O) groups excluding carboxylic acids is 1. The molecule has 2 saturated heterocycles. The quantitative estimate of drug-likeness (QED) is 0.720. The number of halogens is 1. The highest BCUT2D eigenvalue weighted by Gasteiger charge is 2.30. The van der Waals surface area contributed by atoms with Crippen molar-refractivity contribution in [1.29, 1.82) is 0 Å². The number of sulfonamides is 1. The number of nitrogens with one attached hydrogen (secondary N) is 2. The minimum atomic E-state index is -3.72. The molecular formula is C15H22ClN3O5S2. The Balaban J connectivity index is 0.00000243. The Kier molecular flexibility index (Phi) is 7.56. The maximum absolute atomic E-state index is 12.9. The maximum Gasteiger partial charge on any atom is 0.246 e. The van der Waals surface area contributed by atoms with Crippen LogP contribution >= 0.6 is 24.2 Å². The number of hydrogen-bond acceptors (Lipinski definition) is 7. The van der Waals surface area contributed by atoms with E-state index in [2.05, 4.69) is 10.6 Å². The number of nitrogens with zero attached hydrogens (tertiary/aromatic N) is 1. The van der Waals surface area contributed by atoms with Crippen molar-refractivity contribution in [3.63, 3.8) is 0 Å². The van der Waals surface area contributed by atoms with E-state index < -0.39 is 10.0 Å². The van der Waals surface area contributed by atoms with Crippen molar-refractivity contribution in [3.05, 3.63) is 18.2 Å².